The third-order valence-electron chi connectivity index (χ3n) is 3.79. The normalized spacial score (nSPS) is 20.6. The van der Waals surface area contributed by atoms with Crippen molar-refractivity contribution in [3.8, 4) is 6.07 Å². The van der Waals surface area contributed by atoms with Crippen LogP contribution in [0.15, 0.2) is 30.6 Å². The average Bonchev–Trinajstić information content (AvgIpc) is 3.02. The van der Waals surface area contributed by atoms with Gasteiger partial charge in [0.05, 0.1) is 12.6 Å². The molecular formula is C16H16FN5O2. The summed E-state index contributed by atoms with van der Waals surface area (Å²) in [6.45, 7) is 2.75. The highest BCUT2D eigenvalue weighted by Gasteiger charge is 2.29. The molecule has 1 aliphatic rings. The number of benzene rings is 1. The van der Waals surface area contributed by atoms with Crippen molar-refractivity contribution in [2.75, 3.05) is 13.1 Å². The second-order valence-electron chi connectivity index (χ2n) is 5.66. The molecule has 2 atom stereocenters. The summed E-state index contributed by atoms with van der Waals surface area (Å²) in [4.78, 5) is 17.9. The average molecular weight is 329 g/mol. The summed E-state index contributed by atoms with van der Waals surface area (Å²) in [7, 11) is 0. The first kappa shape index (κ1) is 16.1. The summed E-state index contributed by atoms with van der Waals surface area (Å²) in [5, 5.41) is 12.6. The minimum absolute atomic E-state index is 0.0114. The molecular weight excluding hydrogens is 313 g/mol. The molecule has 0 radical (unpaired) electrons. The topological polar surface area (TPSA) is 84.0 Å². The van der Waals surface area contributed by atoms with Gasteiger partial charge in [-0.15, -0.1) is 5.10 Å². The summed E-state index contributed by atoms with van der Waals surface area (Å²) in [6, 6.07) is 7.91. The molecule has 2 aromatic rings. The van der Waals surface area contributed by atoms with Gasteiger partial charge in [-0.05, 0) is 24.6 Å². The second-order valence-corrected chi connectivity index (χ2v) is 5.66. The minimum atomic E-state index is -0.310. The van der Waals surface area contributed by atoms with Gasteiger partial charge in [-0.3, -0.25) is 4.79 Å². The molecule has 2 heterocycles. The van der Waals surface area contributed by atoms with Crippen molar-refractivity contribution in [2.24, 2.45) is 0 Å². The Morgan fingerprint density at radius 3 is 2.83 bits per heavy atom. The molecule has 2 unspecified atom stereocenters. The Morgan fingerprint density at radius 2 is 2.17 bits per heavy atom. The van der Waals surface area contributed by atoms with E-state index in [2.05, 4.69) is 10.1 Å². The van der Waals surface area contributed by atoms with E-state index in [0.29, 0.717) is 13.1 Å². The van der Waals surface area contributed by atoms with E-state index in [4.69, 9.17) is 10.00 Å². The van der Waals surface area contributed by atoms with Crippen molar-refractivity contribution in [3.05, 3.63) is 47.8 Å². The fraction of sp³-hybridized carbons (Fsp3) is 0.375. The number of hydrogen-bond acceptors (Lipinski definition) is 5. The number of morpholine rings is 1. The Morgan fingerprint density at radius 1 is 1.42 bits per heavy atom. The molecule has 1 aromatic carbocycles. The van der Waals surface area contributed by atoms with Gasteiger partial charge in [-0.1, -0.05) is 12.1 Å². The van der Waals surface area contributed by atoms with Gasteiger partial charge in [0.25, 0.3) is 5.82 Å². The molecule has 1 aromatic heterocycles. The number of rotatable bonds is 3. The van der Waals surface area contributed by atoms with Crippen molar-refractivity contribution in [1.29, 1.82) is 5.26 Å². The number of halogens is 1. The number of nitrogens with zero attached hydrogens (tertiary/aromatic N) is 5. The highest BCUT2D eigenvalue weighted by molar-refractivity contribution is 5.76. The van der Waals surface area contributed by atoms with Crippen LogP contribution in [-0.4, -0.2) is 44.8 Å². The summed E-state index contributed by atoms with van der Waals surface area (Å²) in [5.74, 6) is -0.413. The van der Waals surface area contributed by atoms with Crippen LogP contribution in [0, 0.1) is 17.1 Å². The minimum Gasteiger partial charge on any atom is -0.367 e. The van der Waals surface area contributed by atoms with Crippen LogP contribution >= 0.6 is 0 Å². The largest absolute Gasteiger partial charge is 0.367 e. The SMILES string of the molecule is CC1CN(C(=O)Cn2cnc(C#N)n2)CC(c2ccc(F)cc2)O1. The first-order chi connectivity index (χ1) is 11.5. The van der Waals surface area contributed by atoms with E-state index in [1.54, 1.807) is 17.0 Å². The number of amides is 1. The van der Waals surface area contributed by atoms with Gasteiger partial charge in [0, 0.05) is 6.54 Å². The lowest BCUT2D eigenvalue weighted by Crippen LogP contribution is -2.47. The molecule has 0 aliphatic carbocycles. The maximum absolute atomic E-state index is 13.1. The van der Waals surface area contributed by atoms with E-state index in [0.717, 1.165) is 5.56 Å². The maximum atomic E-state index is 13.1. The predicted molar refractivity (Wildman–Crippen MR) is 81.0 cm³/mol. The molecule has 24 heavy (non-hydrogen) atoms. The highest BCUT2D eigenvalue weighted by Crippen LogP contribution is 2.25. The third kappa shape index (κ3) is 3.58. The fourth-order valence-corrected chi connectivity index (χ4v) is 2.68. The standard InChI is InChI=1S/C16H16FN5O2/c1-11-7-21(16(23)9-22-10-19-15(6-18)20-22)8-14(24-11)12-2-4-13(17)5-3-12/h2-5,10-11,14H,7-9H2,1H3. The van der Waals surface area contributed by atoms with E-state index < -0.39 is 0 Å². The van der Waals surface area contributed by atoms with Crippen LogP contribution in [0.2, 0.25) is 0 Å². The lowest BCUT2D eigenvalue weighted by molar-refractivity contribution is -0.145. The van der Waals surface area contributed by atoms with E-state index >= 15 is 0 Å². The maximum Gasteiger partial charge on any atom is 0.252 e. The first-order valence-corrected chi connectivity index (χ1v) is 7.53. The van der Waals surface area contributed by atoms with Gasteiger partial charge >= 0.3 is 0 Å². The van der Waals surface area contributed by atoms with Crippen LogP contribution in [0.25, 0.3) is 0 Å². The van der Waals surface area contributed by atoms with Gasteiger partial charge in [0.15, 0.2) is 0 Å². The van der Waals surface area contributed by atoms with Crippen molar-refractivity contribution in [1.82, 2.24) is 19.7 Å². The van der Waals surface area contributed by atoms with E-state index in [9.17, 15) is 9.18 Å². The number of ether oxygens (including phenoxy) is 1. The third-order valence-corrected chi connectivity index (χ3v) is 3.79. The molecule has 124 valence electrons. The zero-order valence-electron chi connectivity index (χ0n) is 13.1. The molecule has 7 nitrogen and oxygen atoms in total. The summed E-state index contributed by atoms with van der Waals surface area (Å²) >= 11 is 0. The van der Waals surface area contributed by atoms with Crippen LogP contribution < -0.4 is 0 Å². The van der Waals surface area contributed by atoms with Crippen molar-refractivity contribution < 1.29 is 13.9 Å². The number of carbonyl (C=O) groups is 1. The van der Waals surface area contributed by atoms with Crippen LogP contribution in [0.1, 0.15) is 24.4 Å². The molecule has 8 heteroatoms. The lowest BCUT2D eigenvalue weighted by atomic mass is 10.1. The van der Waals surface area contributed by atoms with Crippen LogP contribution in [0.4, 0.5) is 4.39 Å². The Labute approximate surface area is 138 Å². The molecule has 0 spiro atoms. The van der Waals surface area contributed by atoms with Gasteiger partial charge in [-0.25, -0.2) is 14.1 Å². The van der Waals surface area contributed by atoms with Crippen LogP contribution in [0.5, 0.6) is 0 Å². The summed E-state index contributed by atoms with van der Waals surface area (Å²) in [5.41, 5.74) is 0.827. The van der Waals surface area contributed by atoms with Gasteiger partial charge in [0.1, 0.15) is 30.9 Å². The highest BCUT2D eigenvalue weighted by atomic mass is 19.1. The Hall–Kier alpha value is -2.79. The predicted octanol–water partition coefficient (Wildman–Crippen LogP) is 1.28. The van der Waals surface area contributed by atoms with E-state index in [1.807, 2.05) is 13.0 Å². The number of aromatic nitrogens is 3. The first-order valence-electron chi connectivity index (χ1n) is 7.53. The molecule has 1 fully saturated rings. The van der Waals surface area contributed by atoms with Crippen LogP contribution in [-0.2, 0) is 16.1 Å². The monoisotopic (exact) mass is 329 g/mol. The lowest BCUT2D eigenvalue weighted by Gasteiger charge is -2.37. The van der Waals surface area contributed by atoms with Crippen molar-refractivity contribution in [2.45, 2.75) is 25.7 Å². The van der Waals surface area contributed by atoms with Gasteiger partial charge in [-0.2, -0.15) is 5.26 Å². The van der Waals surface area contributed by atoms with E-state index in [1.165, 1.54) is 23.1 Å². The second kappa shape index (κ2) is 6.76. The number of hydrogen-bond donors (Lipinski definition) is 0. The smallest absolute Gasteiger partial charge is 0.252 e. The summed E-state index contributed by atoms with van der Waals surface area (Å²) in [6.07, 6.45) is 0.921. The Balaban J connectivity index is 1.69. The Kier molecular flexibility index (Phi) is 4.53. The zero-order valence-corrected chi connectivity index (χ0v) is 13.1. The van der Waals surface area contributed by atoms with E-state index in [-0.39, 0.29) is 36.3 Å². The molecule has 3 rings (SSSR count). The molecule has 0 saturated carbocycles. The zero-order chi connectivity index (χ0) is 17.1. The molecule has 0 bridgehead atoms. The molecule has 1 amide bonds. The molecule has 1 saturated heterocycles. The summed E-state index contributed by atoms with van der Waals surface area (Å²) < 4.78 is 20.3. The molecule has 1 aliphatic heterocycles. The van der Waals surface area contributed by atoms with Crippen molar-refractivity contribution >= 4 is 5.91 Å². The molecule has 0 N–H and O–H groups in total. The van der Waals surface area contributed by atoms with Gasteiger partial charge in [0.2, 0.25) is 5.91 Å². The quantitative estimate of drug-likeness (QED) is 0.847. The van der Waals surface area contributed by atoms with Crippen molar-refractivity contribution in [3.63, 3.8) is 0 Å². The van der Waals surface area contributed by atoms with Crippen LogP contribution in [0.3, 0.4) is 0 Å². The number of nitriles is 1. The fourth-order valence-electron chi connectivity index (χ4n) is 2.68. The Bertz CT molecular complexity index is 768. The van der Waals surface area contributed by atoms with Gasteiger partial charge < -0.3 is 9.64 Å². The number of carbonyl (C=O) groups excluding carboxylic acids is 1.